The quantitative estimate of drug-likeness (QED) is 0.693. The summed E-state index contributed by atoms with van der Waals surface area (Å²) in [7, 11) is 0. The Morgan fingerprint density at radius 1 is 1.16 bits per heavy atom. The molecule has 5 nitrogen and oxygen atoms in total. The summed E-state index contributed by atoms with van der Waals surface area (Å²) < 4.78 is 15.2. The predicted octanol–water partition coefficient (Wildman–Crippen LogP) is 4.68. The van der Waals surface area contributed by atoms with Gasteiger partial charge in [0.2, 0.25) is 5.95 Å². The minimum Gasteiger partial charge on any atom is -0.289 e. The summed E-state index contributed by atoms with van der Waals surface area (Å²) >= 11 is 17.8. The molecule has 25 heavy (non-hydrogen) atoms. The minimum absolute atomic E-state index is 0.0588. The zero-order chi connectivity index (χ0) is 18.0. The van der Waals surface area contributed by atoms with Crippen LogP contribution < -0.4 is 5.32 Å². The zero-order valence-electron chi connectivity index (χ0n) is 12.5. The Kier molecular flexibility index (Phi) is 5.22. The van der Waals surface area contributed by atoms with E-state index in [1.54, 1.807) is 12.1 Å². The second kappa shape index (κ2) is 7.39. The number of amides is 1. The lowest BCUT2D eigenvalue weighted by Gasteiger charge is -2.05. The summed E-state index contributed by atoms with van der Waals surface area (Å²) in [5.41, 5.74) is 0.521. The second-order valence-corrected chi connectivity index (χ2v) is 6.30. The number of nitrogens with zero attached hydrogens (tertiary/aromatic N) is 3. The molecule has 128 valence electrons. The lowest BCUT2D eigenvalue weighted by molar-refractivity contribution is 0.102. The summed E-state index contributed by atoms with van der Waals surface area (Å²) in [6.45, 7) is 0.0794. The molecule has 1 aromatic heterocycles. The number of nitrogens with one attached hydrogen (secondary N) is 1. The highest BCUT2D eigenvalue weighted by Crippen LogP contribution is 2.22. The number of rotatable bonds is 4. The molecule has 0 aliphatic heterocycles. The normalized spacial score (nSPS) is 10.7. The van der Waals surface area contributed by atoms with Crippen molar-refractivity contribution in [3.8, 4) is 0 Å². The molecule has 1 N–H and O–H groups in total. The fourth-order valence-corrected chi connectivity index (χ4v) is 2.83. The lowest BCUT2D eigenvalue weighted by Crippen LogP contribution is -2.14. The van der Waals surface area contributed by atoms with Gasteiger partial charge in [-0.25, -0.2) is 14.1 Å². The van der Waals surface area contributed by atoms with Gasteiger partial charge in [-0.15, -0.1) is 5.10 Å². The summed E-state index contributed by atoms with van der Waals surface area (Å²) in [5.74, 6) is -0.867. The Bertz CT molecular complexity index is 925. The first kappa shape index (κ1) is 17.7. The Morgan fingerprint density at radius 3 is 2.68 bits per heavy atom. The van der Waals surface area contributed by atoms with Gasteiger partial charge in [-0.3, -0.25) is 10.1 Å². The third-order valence-corrected chi connectivity index (χ3v) is 4.22. The molecule has 0 saturated carbocycles. The Hall–Kier alpha value is -2.15. The topological polar surface area (TPSA) is 59.8 Å². The first-order chi connectivity index (χ1) is 11.9. The van der Waals surface area contributed by atoms with Gasteiger partial charge >= 0.3 is 0 Å². The van der Waals surface area contributed by atoms with E-state index in [2.05, 4.69) is 15.4 Å². The van der Waals surface area contributed by atoms with Crippen LogP contribution in [0.15, 0.2) is 42.7 Å². The molecule has 0 atom stereocenters. The molecule has 0 fully saturated rings. The van der Waals surface area contributed by atoms with E-state index in [-0.39, 0.29) is 33.7 Å². The average Bonchev–Trinajstić information content (AvgIpc) is 2.98. The Balaban J connectivity index is 1.74. The summed E-state index contributed by atoms with van der Waals surface area (Å²) in [6, 6.07) is 8.92. The zero-order valence-corrected chi connectivity index (χ0v) is 14.8. The second-order valence-electron chi connectivity index (χ2n) is 5.04. The van der Waals surface area contributed by atoms with E-state index in [1.165, 1.54) is 35.3 Å². The number of carbonyl (C=O) groups excluding carboxylic acids is 1. The highest BCUT2D eigenvalue weighted by molar-refractivity contribution is 6.37. The van der Waals surface area contributed by atoms with Crippen LogP contribution >= 0.6 is 34.8 Å². The van der Waals surface area contributed by atoms with E-state index < -0.39 is 11.7 Å². The number of benzene rings is 2. The van der Waals surface area contributed by atoms with Gasteiger partial charge in [0.15, 0.2) is 0 Å². The van der Waals surface area contributed by atoms with E-state index in [0.29, 0.717) is 5.02 Å². The SMILES string of the molecule is O=C(Nc1ncn(Cc2c(F)cccc2Cl)n1)c1ccc(Cl)cc1Cl. The smallest absolute Gasteiger partial charge is 0.259 e. The molecule has 1 amide bonds. The molecular weight excluding hydrogens is 390 g/mol. The molecule has 0 aliphatic carbocycles. The number of carbonyl (C=O) groups is 1. The molecule has 0 unspecified atom stereocenters. The van der Waals surface area contributed by atoms with Gasteiger partial charge in [-0.2, -0.15) is 0 Å². The van der Waals surface area contributed by atoms with Crippen LogP contribution in [-0.4, -0.2) is 20.7 Å². The number of hydrogen-bond acceptors (Lipinski definition) is 3. The highest BCUT2D eigenvalue weighted by Gasteiger charge is 2.14. The number of halogens is 4. The van der Waals surface area contributed by atoms with Gasteiger partial charge in [0.25, 0.3) is 5.91 Å². The maximum atomic E-state index is 13.8. The van der Waals surface area contributed by atoms with E-state index in [1.807, 2.05) is 0 Å². The van der Waals surface area contributed by atoms with Crippen LogP contribution in [0.1, 0.15) is 15.9 Å². The Labute approximate surface area is 157 Å². The Morgan fingerprint density at radius 2 is 1.96 bits per heavy atom. The van der Waals surface area contributed by atoms with Crippen molar-refractivity contribution in [1.82, 2.24) is 14.8 Å². The first-order valence-electron chi connectivity index (χ1n) is 7.03. The first-order valence-corrected chi connectivity index (χ1v) is 8.16. The summed E-state index contributed by atoms with van der Waals surface area (Å²) in [5, 5.41) is 7.52. The molecule has 0 radical (unpaired) electrons. The van der Waals surface area contributed by atoms with E-state index in [4.69, 9.17) is 34.8 Å². The molecule has 3 rings (SSSR count). The molecule has 2 aromatic carbocycles. The van der Waals surface area contributed by atoms with Gasteiger partial charge in [-0.05, 0) is 30.3 Å². The third-order valence-electron chi connectivity index (χ3n) is 3.32. The van der Waals surface area contributed by atoms with Crippen molar-refractivity contribution in [1.29, 1.82) is 0 Å². The number of anilines is 1. The van der Waals surface area contributed by atoms with Crippen molar-refractivity contribution in [2.24, 2.45) is 0 Å². The molecule has 0 spiro atoms. The van der Waals surface area contributed by atoms with Gasteiger partial charge in [-0.1, -0.05) is 40.9 Å². The summed E-state index contributed by atoms with van der Waals surface area (Å²) in [4.78, 5) is 16.2. The van der Waals surface area contributed by atoms with Gasteiger partial charge in [0.05, 0.1) is 17.1 Å². The van der Waals surface area contributed by atoms with Crippen molar-refractivity contribution < 1.29 is 9.18 Å². The van der Waals surface area contributed by atoms with Crippen LogP contribution in [-0.2, 0) is 6.54 Å². The molecular formula is C16H10Cl3FN4O. The fraction of sp³-hybridized carbons (Fsp3) is 0.0625. The molecule has 3 aromatic rings. The molecule has 1 heterocycles. The van der Waals surface area contributed by atoms with Crippen molar-refractivity contribution in [2.75, 3.05) is 5.32 Å². The van der Waals surface area contributed by atoms with E-state index in [0.717, 1.165) is 0 Å². The molecule has 0 bridgehead atoms. The van der Waals surface area contributed by atoms with Crippen LogP contribution in [0.2, 0.25) is 15.1 Å². The minimum atomic E-state index is -0.483. The van der Waals surface area contributed by atoms with Crippen molar-refractivity contribution >= 4 is 46.7 Å². The standard InChI is InChI=1S/C16H10Cl3FN4O/c17-9-4-5-10(13(19)6-9)15(25)22-16-21-8-24(23-16)7-11-12(18)2-1-3-14(11)20/h1-6,8H,7H2,(H,22,23,25). The molecule has 9 heteroatoms. The fourth-order valence-electron chi connectivity index (χ4n) is 2.12. The van der Waals surface area contributed by atoms with Crippen LogP contribution in [0.4, 0.5) is 10.3 Å². The van der Waals surface area contributed by atoms with E-state index in [9.17, 15) is 9.18 Å². The number of hydrogen-bond donors (Lipinski definition) is 1. The molecule has 0 aliphatic rings. The maximum Gasteiger partial charge on any atom is 0.259 e. The predicted molar refractivity (Wildman–Crippen MR) is 94.9 cm³/mol. The molecule has 0 saturated heterocycles. The van der Waals surface area contributed by atoms with Crippen molar-refractivity contribution in [3.63, 3.8) is 0 Å². The maximum absolute atomic E-state index is 13.8. The number of aromatic nitrogens is 3. The lowest BCUT2D eigenvalue weighted by atomic mass is 10.2. The van der Waals surface area contributed by atoms with E-state index >= 15 is 0 Å². The van der Waals surface area contributed by atoms with Gasteiger partial charge in [0, 0.05) is 15.6 Å². The van der Waals surface area contributed by atoms with Crippen LogP contribution in [0.25, 0.3) is 0 Å². The van der Waals surface area contributed by atoms with Crippen molar-refractivity contribution in [2.45, 2.75) is 6.54 Å². The monoisotopic (exact) mass is 398 g/mol. The highest BCUT2D eigenvalue weighted by atomic mass is 35.5. The van der Waals surface area contributed by atoms with Crippen LogP contribution in [0.5, 0.6) is 0 Å². The summed E-state index contributed by atoms with van der Waals surface area (Å²) in [6.07, 6.45) is 1.36. The van der Waals surface area contributed by atoms with Gasteiger partial charge < -0.3 is 0 Å². The largest absolute Gasteiger partial charge is 0.289 e. The van der Waals surface area contributed by atoms with Crippen LogP contribution in [0, 0.1) is 5.82 Å². The third kappa shape index (κ3) is 4.10. The van der Waals surface area contributed by atoms with Gasteiger partial charge in [0.1, 0.15) is 12.1 Å². The van der Waals surface area contributed by atoms with Crippen LogP contribution in [0.3, 0.4) is 0 Å². The van der Waals surface area contributed by atoms with Crippen molar-refractivity contribution in [3.05, 3.63) is 74.7 Å². The average molecular weight is 400 g/mol.